The molecule has 4 heteroatoms. The molecule has 1 heterocycles. The van der Waals surface area contributed by atoms with E-state index in [1.54, 1.807) is 0 Å². The van der Waals surface area contributed by atoms with Gasteiger partial charge < -0.3 is 10.1 Å². The third kappa shape index (κ3) is 3.53. The maximum Gasteiger partial charge on any atom is 0.137 e. The van der Waals surface area contributed by atoms with E-state index in [1.807, 2.05) is 19.2 Å². The highest BCUT2D eigenvalue weighted by Gasteiger charge is 2.23. The fourth-order valence-corrected chi connectivity index (χ4v) is 2.85. The van der Waals surface area contributed by atoms with E-state index in [-0.39, 0.29) is 11.9 Å². The number of likely N-dealkylation sites (N-methyl/N-ethyl adjacent to an activating group) is 1. The fraction of sp³-hybridized carbons (Fsp3) is 0.571. The van der Waals surface area contributed by atoms with Crippen molar-refractivity contribution in [2.45, 2.75) is 37.8 Å². The number of ether oxygens (including phenoxy) is 1. The van der Waals surface area contributed by atoms with Crippen LogP contribution >= 0.6 is 15.9 Å². The van der Waals surface area contributed by atoms with Crippen molar-refractivity contribution in [2.75, 3.05) is 13.7 Å². The van der Waals surface area contributed by atoms with Crippen LogP contribution in [0.1, 0.15) is 24.8 Å². The highest BCUT2D eigenvalue weighted by atomic mass is 79.9. The van der Waals surface area contributed by atoms with Gasteiger partial charge in [-0.3, -0.25) is 0 Å². The summed E-state index contributed by atoms with van der Waals surface area (Å²) in [5.41, 5.74) is 1.12. The Morgan fingerprint density at radius 2 is 2.33 bits per heavy atom. The second kappa shape index (κ2) is 6.64. The monoisotopic (exact) mass is 315 g/mol. The van der Waals surface area contributed by atoms with E-state index in [0.29, 0.717) is 10.5 Å². The van der Waals surface area contributed by atoms with Gasteiger partial charge in [-0.05, 0) is 66.4 Å². The zero-order valence-electron chi connectivity index (χ0n) is 10.6. The SMILES string of the molecule is CNC(Cc1ccc(F)c(Br)c1)C1CCCCO1. The zero-order valence-corrected chi connectivity index (χ0v) is 12.2. The molecule has 2 unspecified atom stereocenters. The van der Waals surface area contributed by atoms with Crippen molar-refractivity contribution in [3.63, 3.8) is 0 Å². The van der Waals surface area contributed by atoms with Crippen LogP contribution in [-0.2, 0) is 11.2 Å². The summed E-state index contributed by atoms with van der Waals surface area (Å²) < 4.78 is 19.5. The molecule has 1 saturated heterocycles. The van der Waals surface area contributed by atoms with Crippen LogP contribution in [0.4, 0.5) is 4.39 Å². The van der Waals surface area contributed by atoms with Gasteiger partial charge in [-0.25, -0.2) is 4.39 Å². The van der Waals surface area contributed by atoms with Gasteiger partial charge in [0.1, 0.15) is 5.82 Å². The largest absolute Gasteiger partial charge is 0.377 e. The minimum absolute atomic E-state index is 0.214. The van der Waals surface area contributed by atoms with Crippen LogP contribution in [0, 0.1) is 5.82 Å². The minimum atomic E-state index is -0.214. The highest BCUT2D eigenvalue weighted by molar-refractivity contribution is 9.10. The number of hydrogen-bond acceptors (Lipinski definition) is 2. The third-order valence-corrected chi connectivity index (χ3v) is 4.08. The molecule has 2 rings (SSSR count). The molecule has 0 bridgehead atoms. The molecule has 1 aromatic carbocycles. The fourth-order valence-electron chi connectivity index (χ4n) is 2.42. The van der Waals surface area contributed by atoms with E-state index in [2.05, 4.69) is 21.2 Å². The molecular weight excluding hydrogens is 297 g/mol. The van der Waals surface area contributed by atoms with Crippen LogP contribution in [0.15, 0.2) is 22.7 Å². The molecule has 100 valence electrons. The second-order valence-electron chi connectivity index (χ2n) is 4.75. The Bertz CT molecular complexity index is 393. The summed E-state index contributed by atoms with van der Waals surface area (Å²) in [6.45, 7) is 0.857. The molecule has 0 radical (unpaired) electrons. The minimum Gasteiger partial charge on any atom is -0.377 e. The summed E-state index contributed by atoms with van der Waals surface area (Å²) in [6.07, 6.45) is 4.63. The predicted molar refractivity (Wildman–Crippen MR) is 74.2 cm³/mol. The summed E-state index contributed by atoms with van der Waals surface area (Å²) in [4.78, 5) is 0. The van der Waals surface area contributed by atoms with Crippen molar-refractivity contribution in [1.29, 1.82) is 0 Å². The average molecular weight is 316 g/mol. The first-order valence-electron chi connectivity index (χ1n) is 6.43. The first-order chi connectivity index (χ1) is 8.70. The number of halogens is 2. The van der Waals surface area contributed by atoms with Gasteiger partial charge in [0.05, 0.1) is 10.6 Å². The maximum atomic E-state index is 13.2. The van der Waals surface area contributed by atoms with Crippen LogP contribution in [0.3, 0.4) is 0 Å². The Labute approximate surface area is 116 Å². The molecule has 0 aromatic heterocycles. The van der Waals surface area contributed by atoms with Crippen molar-refractivity contribution < 1.29 is 9.13 Å². The molecule has 0 saturated carbocycles. The molecule has 1 aliphatic heterocycles. The van der Waals surface area contributed by atoms with Gasteiger partial charge in [-0.2, -0.15) is 0 Å². The number of hydrogen-bond donors (Lipinski definition) is 1. The molecule has 18 heavy (non-hydrogen) atoms. The Balaban J connectivity index is 2.02. The molecule has 1 fully saturated rings. The van der Waals surface area contributed by atoms with Gasteiger partial charge in [-0.1, -0.05) is 6.07 Å². The number of nitrogens with one attached hydrogen (secondary N) is 1. The van der Waals surface area contributed by atoms with E-state index >= 15 is 0 Å². The van der Waals surface area contributed by atoms with E-state index in [4.69, 9.17) is 4.74 Å². The van der Waals surface area contributed by atoms with Crippen molar-refractivity contribution in [3.05, 3.63) is 34.1 Å². The van der Waals surface area contributed by atoms with Crippen molar-refractivity contribution in [2.24, 2.45) is 0 Å². The Hall–Kier alpha value is -0.450. The van der Waals surface area contributed by atoms with Gasteiger partial charge in [-0.15, -0.1) is 0 Å². The Kier molecular flexibility index (Phi) is 5.15. The van der Waals surface area contributed by atoms with E-state index < -0.39 is 0 Å². The lowest BCUT2D eigenvalue weighted by Crippen LogP contribution is -2.42. The summed E-state index contributed by atoms with van der Waals surface area (Å²) in [5.74, 6) is -0.214. The maximum absolute atomic E-state index is 13.2. The Morgan fingerprint density at radius 3 is 2.94 bits per heavy atom. The second-order valence-corrected chi connectivity index (χ2v) is 5.61. The van der Waals surface area contributed by atoms with Crippen molar-refractivity contribution in [1.82, 2.24) is 5.32 Å². The van der Waals surface area contributed by atoms with Gasteiger partial charge in [0.2, 0.25) is 0 Å². The van der Waals surface area contributed by atoms with Gasteiger partial charge in [0.15, 0.2) is 0 Å². The highest BCUT2D eigenvalue weighted by Crippen LogP contribution is 2.21. The Morgan fingerprint density at radius 1 is 1.50 bits per heavy atom. The standard InChI is InChI=1S/C14H19BrFNO/c1-17-13(14-4-2-3-7-18-14)9-10-5-6-12(16)11(15)8-10/h5-6,8,13-14,17H,2-4,7,9H2,1H3. The topological polar surface area (TPSA) is 21.3 Å². The van der Waals surface area contributed by atoms with Crippen molar-refractivity contribution >= 4 is 15.9 Å². The first-order valence-corrected chi connectivity index (χ1v) is 7.23. The molecule has 1 N–H and O–H groups in total. The lowest BCUT2D eigenvalue weighted by molar-refractivity contribution is -0.00587. The van der Waals surface area contributed by atoms with Crippen LogP contribution in [0.25, 0.3) is 0 Å². The molecule has 0 spiro atoms. The smallest absolute Gasteiger partial charge is 0.137 e. The summed E-state index contributed by atoms with van der Waals surface area (Å²) in [6, 6.07) is 5.49. The summed E-state index contributed by atoms with van der Waals surface area (Å²) in [5, 5.41) is 3.32. The first kappa shape index (κ1) is 14.0. The molecular formula is C14H19BrFNO. The van der Waals surface area contributed by atoms with E-state index in [0.717, 1.165) is 31.4 Å². The van der Waals surface area contributed by atoms with E-state index in [9.17, 15) is 4.39 Å². The predicted octanol–water partition coefficient (Wildman–Crippen LogP) is 3.29. The van der Waals surface area contributed by atoms with Gasteiger partial charge >= 0.3 is 0 Å². The third-order valence-electron chi connectivity index (χ3n) is 3.47. The molecule has 1 aliphatic rings. The van der Waals surface area contributed by atoms with Crippen LogP contribution in [0.2, 0.25) is 0 Å². The lowest BCUT2D eigenvalue weighted by atomic mass is 9.96. The van der Waals surface area contributed by atoms with Crippen LogP contribution in [-0.4, -0.2) is 25.8 Å². The normalized spacial score (nSPS) is 21.8. The molecule has 0 aliphatic carbocycles. The quantitative estimate of drug-likeness (QED) is 0.920. The zero-order chi connectivity index (χ0) is 13.0. The van der Waals surface area contributed by atoms with Crippen molar-refractivity contribution in [3.8, 4) is 0 Å². The summed E-state index contributed by atoms with van der Waals surface area (Å²) in [7, 11) is 1.96. The number of benzene rings is 1. The number of rotatable bonds is 4. The lowest BCUT2D eigenvalue weighted by Gasteiger charge is -2.30. The molecule has 2 nitrogen and oxygen atoms in total. The van der Waals surface area contributed by atoms with Crippen LogP contribution in [0.5, 0.6) is 0 Å². The van der Waals surface area contributed by atoms with Crippen LogP contribution < -0.4 is 5.32 Å². The molecule has 2 atom stereocenters. The molecule has 0 amide bonds. The summed E-state index contributed by atoms with van der Waals surface area (Å²) >= 11 is 3.23. The van der Waals surface area contributed by atoms with E-state index in [1.165, 1.54) is 12.5 Å². The molecule has 1 aromatic rings. The average Bonchev–Trinajstić information content (AvgIpc) is 2.41. The van der Waals surface area contributed by atoms with Gasteiger partial charge in [0.25, 0.3) is 0 Å². The van der Waals surface area contributed by atoms with Gasteiger partial charge in [0, 0.05) is 12.6 Å².